The molecule has 3 nitrogen and oxygen atoms in total. The Labute approximate surface area is 114 Å². The molecule has 1 unspecified atom stereocenters. The third kappa shape index (κ3) is 2.99. The zero-order chi connectivity index (χ0) is 14.7. The van der Waals surface area contributed by atoms with E-state index < -0.39 is 23.5 Å². The van der Waals surface area contributed by atoms with Crippen LogP contribution in [-0.2, 0) is 11.2 Å². The second kappa shape index (κ2) is 5.77. The van der Waals surface area contributed by atoms with Crippen molar-refractivity contribution < 1.29 is 18.7 Å². The van der Waals surface area contributed by atoms with E-state index in [1.54, 1.807) is 12.1 Å². The maximum absolute atomic E-state index is 13.7. The molecule has 0 saturated carbocycles. The number of halogens is 2. The summed E-state index contributed by atoms with van der Waals surface area (Å²) in [7, 11) is 0. The average molecular weight is 277 g/mol. The number of aryl methyl sites for hydroxylation is 1. The molecule has 1 aromatic heterocycles. The minimum Gasteiger partial charge on any atom is -0.481 e. The average Bonchev–Trinajstić information content (AvgIpc) is 2.38. The fourth-order valence-electron chi connectivity index (χ4n) is 2.04. The van der Waals surface area contributed by atoms with Crippen molar-refractivity contribution in [2.45, 2.75) is 19.3 Å². The van der Waals surface area contributed by atoms with Crippen molar-refractivity contribution in [3.8, 4) is 0 Å². The van der Waals surface area contributed by atoms with Gasteiger partial charge in [0.15, 0.2) is 0 Å². The number of hydrogen-bond acceptors (Lipinski definition) is 2. The van der Waals surface area contributed by atoms with Crippen LogP contribution in [0.4, 0.5) is 8.78 Å². The summed E-state index contributed by atoms with van der Waals surface area (Å²) in [5, 5.41) is 9.27. The molecular weight excluding hydrogens is 264 g/mol. The van der Waals surface area contributed by atoms with Crippen LogP contribution >= 0.6 is 0 Å². The highest BCUT2D eigenvalue weighted by Crippen LogP contribution is 2.24. The molecule has 0 spiro atoms. The fourth-order valence-corrected chi connectivity index (χ4v) is 2.04. The number of aromatic nitrogens is 1. The van der Waals surface area contributed by atoms with Crippen molar-refractivity contribution in [1.82, 2.24) is 4.98 Å². The molecule has 0 aliphatic heterocycles. The van der Waals surface area contributed by atoms with Gasteiger partial charge in [0, 0.05) is 6.07 Å². The van der Waals surface area contributed by atoms with Gasteiger partial charge in [-0.1, -0.05) is 24.3 Å². The first-order valence-electron chi connectivity index (χ1n) is 6.07. The minimum atomic E-state index is -1.19. The third-order valence-corrected chi connectivity index (χ3v) is 3.15. The lowest BCUT2D eigenvalue weighted by molar-refractivity contribution is -0.138. The second-order valence-electron chi connectivity index (χ2n) is 4.54. The largest absolute Gasteiger partial charge is 0.481 e. The van der Waals surface area contributed by atoms with Gasteiger partial charge in [-0.3, -0.25) is 9.78 Å². The van der Waals surface area contributed by atoms with Gasteiger partial charge in [0.25, 0.3) is 0 Å². The summed E-state index contributed by atoms with van der Waals surface area (Å²) in [6, 6.07) is 7.91. The van der Waals surface area contributed by atoms with E-state index in [4.69, 9.17) is 0 Å². The van der Waals surface area contributed by atoms with E-state index in [1.165, 1.54) is 0 Å². The van der Waals surface area contributed by atoms with Gasteiger partial charge in [0.2, 0.25) is 0 Å². The van der Waals surface area contributed by atoms with E-state index in [9.17, 15) is 18.7 Å². The van der Waals surface area contributed by atoms with Crippen molar-refractivity contribution in [1.29, 1.82) is 0 Å². The Kier molecular flexibility index (Phi) is 4.08. The molecule has 0 saturated heterocycles. The van der Waals surface area contributed by atoms with Crippen LogP contribution in [0, 0.1) is 18.6 Å². The molecule has 0 radical (unpaired) electrons. The number of hydrogen-bond donors (Lipinski definition) is 1. The van der Waals surface area contributed by atoms with Crippen LogP contribution in [0.1, 0.15) is 22.7 Å². The molecule has 20 heavy (non-hydrogen) atoms. The first kappa shape index (κ1) is 14.1. The number of aliphatic carboxylic acids is 1. The highest BCUT2D eigenvalue weighted by atomic mass is 19.1. The number of benzene rings is 1. The van der Waals surface area contributed by atoms with Gasteiger partial charge in [-0.05, 0) is 24.5 Å². The standard InChI is InChI=1S/C15H13F2NO2/c1-9-4-2-3-5-10(9)6-12(15(19)20)14-13(17)7-11(16)8-18-14/h2-5,7-8,12H,6H2,1H3,(H,19,20). The Morgan fingerprint density at radius 3 is 2.65 bits per heavy atom. The van der Waals surface area contributed by atoms with E-state index >= 15 is 0 Å². The maximum Gasteiger partial charge on any atom is 0.313 e. The Balaban J connectivity index is 2.37. The third-order valence-electron chi connectivity index (χ3n) is 3.15. The van der Waals surface area contributed by atoms with Crippen LogP contribution in [-0.4, -0.2) is 16.1 Å². The number of carbonyl (C=O) groups is 1. The van der Waals surface area contributed by atoms with Gasteiger partial charge in [0.1, 0.15) is 17.6 Å². The molecule has 104 valence electrons. The lowest BCUT2D eigenvalue weighted by Crippen LogP contribution is -2.18. The van der Waals surface area contributed by atoms with Gasteiger partial charge in [-0.15, -0.1) is 0 Å². The molecule has 5 heteroatoms. The molecule has 1 heterocycles. The predicted octanol–water partition coefficient (Wildman–Crippen LogP) is 3.08. The van der Waals surface area contributed by atoms with Crippen molar-refractivity contribution in [3.05, 3.63) is 65.0 Å². The van der Waals surface area contributed by atoms with Crippen molar-refractivity contribution in [2.75, 3.05) is 0 Å². The summed E-state index contributed by atoms with van der Waals surface area (Å²) in [5.41, 5.74) is 1.47. The van der Waals surface area contributed by atoms with Gasteiger partial charge in [-0.2, -0.15) is 0 Å². The van der Waals surface area contributed by atoms with Crippen LogP contribution < -0.4 is 0 Å². The molecule has 0 bridgehead atoms. The number of rotatable bonds is 4. The molecule has 0 aliphatic carbocycles. The number of carboxylic acids is 1. The normalized spacial score (nSPS) is 12.2. The monoisotopic (exact) mass is 277 g/mol. The van der Waals surface area contributed by atoms with Crippen molar-refractivity contribution in [3.63, 3.8) is 0 Å². The van der Waals surface area contributed by atoms with Crippen LogP contribution in [0.3, 0.4) is 0 Å². The highest BCUT2D eigenvalue weighted by molar-refractivity contribution is 5.76. The summed E-state index contributed by atoms with van der Waals surface area (Å²) in [6.45, 7) is 1.85. The summed E-state index contributed by atoms with van der Waals surface area (Å²) in [5.74, 6) is -4.10. The Hall–Kier alpha value is -2.30. The zero-order valence-corrected chi connectivity index (χ0v) is 10.8. The van der Waals surface area contributed by atoms with E-state index in [0.29, 0.717) is 6.07 Å². The van der Waals surface area contributed by atoms with Crippen molar-refractivity contribution in [2.24, 2.45) is 0 Å². The van der Waals surface area contributed by atoms with E-state index in [-0.39, 0.29) is 12.1 Å². The van der Waals surface area contributed by atoms with Gasteiger partial charge in [0.05, 0.1) is 11.9 Å². The number of carboxylic acid groups (broad SMARTS) is 1. The number of pyridine rings is 1. The second-order valence-corrected chi connectivity index (χ2v) is 4.54. The predicted molar refractivity (Wildman–Crippen MR) is 69.4 cm³/mol. The SMILES string of the molecule is Cc1ccccc1CC(C(=O)O)c1ncc(F)cc1F. The Morgan fingerprint density at radius 1 is 1.35 bits per heavy atom. The molecule has 2 aromatic rings. The minimum absolute atomic E-state index is 0.109. The number of nitrogens with zero attached hydrogens (tertiary/aromatic N) is 1. The molecule has 0 fully saturated rings. The molecule has 0 aliphatic rings. The molecule has 1 aromatic carbocycles. The summed E-state index contributed by atoms with van der Waals surface area (Å²) in [6.07, 6.45) is 0.934. The van der Waals surface area contributed by atoms with E-state index in [2.05, 4.69) is 4.98 Å². The summed E-state index contributed by atoms with van der Waals surface area (Å²) >= 11 is 0. The van der Waals surface area contributed by atoms with E-state index in [1.807, 2.05) is 19.1 Å². The highest BCUT2D eigenvalue weighted by Gasteiger charge is 2.26. The lowest BCUT2D eigenvalue weighted by Gasteiger charge is -2.14. The van der Waals surface area contributed by atoms with E-state index in [0.717, 1.165) is 17.3 Å². The first-order chi connectivity index (χ1) is 9.49. The van der Waals surface area contributed by atoms with Gasteiger partial charge < -0.3 is 5.11 Å². The molecule has 0 amide bonds. The molecular formula is C15H13F2NO2. The van der Waals surface area contributed by atoms with Crippen LogP contribution in [0.25, 0.3) is 0 Å². The topological polar surface area (TPSA) is 50.2 Å². The summed E-state index contributed by atoms with van der Waals surface area (Å²) < 4.78 is 26.6. The lowest BCUT2D eigenvalue weighted by atomic mass is 9.93. The zero-order valence-electron chi connectivity index (χ0n) is 10.8. The quantitative estimate of drug-likeness (QED) is 0.934. The molecule has 1 atom stereocenters. The van der Waals surface area contributed by atoms with Crippen molar-refractivity contribution >= 4 is 5.97 Å². The smallest absolute Gasteiger partial charge is 0.313 e. The van der Waals surface area contributed by atoms with Gasteiger partial charge >= 0.3 is 5.97 Å². The fraction of sp³-hybridized carbons (Fsp3) is 0.200. The van der Waals surface area contributed by atoms with Crippen LogP contribution in [0.2, 0.25) is 0 Å². The Bertz CT molecular complexity index is 644. The Morgan fingerprint density at radius 2 is 2.05 bits per heavy atom. The first-order valence-corrected chi connectivity index (χ1v) is 6.07. The molecule has 1 N–H and O–H groups in total. The van der Waals surface area contributed by atoms with Crippen LogP contribution in [0.15, 0.2) is 36.5 Å². The van der Waals surface area contributed by atoms with Crippen LogP contribution in [0.5, 0.6) is 0 Å². The maximum atomic E-state index is 13.7. The van der Waals surface area contributed by atoms with Gasteiger partial charge in [-0.25, -0.2) is 8.78 Å². The summed E-state index contributed by atoms with van der Waals surface area (Å²) in [4.78, 5) is 14.9. The molecule has 2 rings (SSSR count).